The minimum absolute atomic E-state index is 0.0582. The van der Waals surface area contributed by atoms with Crippen LogP contribution in [-0.4, -0.2) is 20.8 Å². The Hall–Kier alpha value is -2.45. The number of hydrogen-bond donors (Lipinski definition) is 0. The van der Waals surface area contributed by atoms with Gasteiger partial charge >= 0.3 is 6.18 Å². The van der Waals surface area contributed by atoms with Crippen LogP contribution in [0.1, 0.15) is 44.8 Å². The van der Waals surface area contributed by atoms with Gasteiger partial charge in [-0.3, -0.25) is 4.79 Å². The first-order valence-corrected chi connectivity index (χ1v) is 10.1. The molecule has 1 atom stereocenters. The van der Waals surface area contributed by atoms with E-state index in [0.717, 1.165) is 17.7 Å². The average molecular weight is 456 g/mol. The molecule has 1 aromatic heterocycles. The summed E-state index contributed by atoms with van der Waals surface area (Å²) in [7, 11) is 0. The first-order chi connectivity index (χ1) is 14.5. The van der Waals surface area contributed by atoms with Crippen LogP contribution in [0.4, 0.5) is 13.2 Å². The van der Waals surface area contributed by atoms with Gasteiger partial charge in [0.2, 0.25) is 0 Å². The molecule has 0 saturated heterocycles. The van der Waals surface area contributed by atoms with Crippen molar-refractivity contribution >= 4 is 16.8 Å². The molecule has 0 radical (unpaired) electrons. The molecule has 0 saturated carbocycles. The van der Waals surface area contributed by atoms with Gasteiger partial charge in [0.1, 0.15) is 17.6 Å². The van der Waals surface area contributed by atoms with E-state index in [1.807, 2.05) is 20.8 Å². The van der Waals surface area contributed by atoms with Crippen LogP contribution in [0, 0.1) is 6.92 Å². The van der Waals surface area contributed by atoms with Crippen LogP contribution in [0.2, 0.25) is 0 Å². The van der Waals surface area contributed by atoms with Gasteiger partial charge in [0.25, 0.3) is 5.56 Å². The molecule has 2 rings (SSSR count). The molecular weight excluding hydrogens is 431 g/mol. The van der Waals surface area contributed by atoms with Crippen LogP contribution < -0.4 is 5.56 Å². The molecule has 1 aromatic carbocycles. The fourth-order valence-corrected chi connectivity index (χ4v) is 3.11. The lowest BCUT2D eigenvalue weighted by Gasteiger charge is -2.19. The number of aromatic nitrogens is 2. The number of halogens is 4. The molecule has 0 bridgehead atoms. The highest BCUT2D eigenvalue weighted by Gasteiger charge is 2.31. The fraction of sp³-hybridized carbons (Fsp3) is 0.409. The first-order valence-electron chi connectivity index (χ1n) is 9.71. The van der Waals surface area contributed by atoms with Crippen LogP contribution in [0.3, 0.4) is 0 Å². The number of benzene rings is 1. The van der Waals surface area contributed by atoms with E-state index >= 15 is 0 Å². The second-order valence-corrected chi connectivity index (χ2v) is 7.62. The maximum atomic E-state index is 13.1. The third-order valence-corrected chi connectivity index (χ3v) is 4.96. The molecular formula is C22H25ClF3N3O2. The van der Waals surface area contributed by atoms with Crippen molar-refractivity contribution < 1.29 is 17.9 Å². The molecule has 5 nitrogen and oxygen atoms in total. The Morgan fingerprint density at radius 2 is 2.03 bits per heavy atom. The fourth-order valence-electron chi connectivity index (χ4n) is 3.06. The van der Waals surface area contributed by atoms with Gasteiger partial charge in [-0.05, 0) is 57.9 Å². The topological polar surface area (TPSA) is 56.5 Å². The lowest BCUT2D eigenvalue weighted by Crippen LogP contribution is -2.24. The number of hydrogen-bond acceptors (Lipinski definition) is 4. The lowest BCUT2D eigenvalue weighted by atomic mass is 10.0. The van der Waals surface area contributed by atoms with Gasteiger partial charge in [0.15, 0.2) is 0 Å². The summed E-state index contributed by atoms with van der Waals surface area (Å²) in [4.78, 5) is 20.9. The standard InChI is InChI=1S/C22H25ClF3N3O2/c1-6-29-14(3)20(17-8-7-9-18(10-17)22(24,25)26)21(30)28-19(29)12-31-15(4)13(2)11-27-16(5)23/h7-11,15H,6,12H2,1-5H3/b13-11+,27-16+. The van der Waals surface area contributed by atoms with Crippen molar-refractivity contribution in [2.24, 2.45) is 4.99 Å². The summed E-state index contributed by atoms with van der Waals surface area (Å²) in [6.45, 7) is 9.43. The van der Waals surface area contributed by atoms with E-state index in [2.05, 4.69) is 9.98 Å². The molecule has 31 heavy (non-hydrogen) atoms. The normalized spacial score (nSPS) is 14.1. The predicted octanol–water partition coefficient (Wildman–Crippen LogP) is 5.72. The number of nitrogens with zero attached hydrogens (tertiary/aromatic N) is 3. The molecule has 0 fully saturated rings. The number of ether oxygens (including phenoxy) is 1. The van der Waals surface area contributed by atoms with E-state index in [0.29, 0.717) is 23.2 Å². The SMILES string of the molecule is CCn1c(COC(C)/C(C)=C/N=C(\C)Cl)nc(=O)c(-c2cccc(C(F)(F)F)c2)c1C. The zero-order chi connectivity index (χ0) is 23.3. The molecule has 0 N–H and O–H groups in total. The van der Waals surface area contributed by atoms with Crippen molar-refractivity contribution in [3.63, 3.8) is 0 Å². The Morgan fingerprint density at radius 3 is 2.61 bits per heavy atom. The summed E-state index contributed by atoms with van der Waals surface area (Å²) >= 11 is 5.73. The summed E-state index contributed by atoms with van der Waals surface area (Å²) in [6.07, 6.45) is -3.19. The molecule has 1 heterocycles. The second kappa shape index (κ2) is 10.2. The average Bonchev–Trinajstić information content (AvgIpc) is 2.69. The van der Waals surface area contributed by atoms with Gasteiger partial charge in [-0.1, -0.05) is 23.7 Å². The Kier molecular flexibility index (Phi) is 8.20. The van der Waals surface area contributed by atoms with Crippen molar-refractivity contribution in [2.75, 3.05) is 0 Å². The van der Waals surface area contributed by atoms with Crippen LogP contribution in [-0.2, 0) is 24.1 Å². The summed E-state index contributed by atoms with van der Waals surface area (Å²) < 4.78 is 46.9. The first kappa shape index (κ1) is 24.8. The molecule has 9 heteroatoms. The Labute approximate surface area is 184 Å². The van der Waals surface area contributed by atoms with Crippen molar-refractivity contribution in [3.05, 3.63) is 63.5 Å². The van der Waals surface area contributed by atoms with Crippen molar-refractivity contribution in [1.82, 2.24) is 9.55 Å². The van der Waals surface area contributed by atoms with E-state index in [-0.39, 0.29) is 23.8 Å². The maximum absolute atomic E-state index is 13.1. The maximum Gasteiger partial charge on any atom is 0.416 e. The highest BCUT2D eigenvalue weighted by molar-refractivity contribution is 6.64. The molecule has 168 valence electrons. The van der Waals surface area contributed by atoms with Gasteiger partial charge in [-0.25, -0.2) is 4.99 Å². The van der Waals surface area contributed by atoms with E-state index < -0.39 is 17.3 Å². The number of rotatable bonds is 7. The molecule has 0 spiro atoms. The molecule has 0 aliphatic rings. The van der Waals surface area contributed by atoms with Crippen LogP contribution in [0.25, 0.3) is 11.1 Å². The molecule has 1 unspecified atom stereocenters. The highest BCUT2D eigenvalue weighted by Crippen LogP contribution is 2.32. The minimum Gasteiger partial charge on any atom is -0.366 e. The smallest absolute Gasteiger partial charge is 0.366 e. The Morgan fingerprint density at radius 1 is 1.35 bits per heavy atom. The van der Waals surface area contributed by atoms with Gasteiger partial charge in [-0.2, -0.15) is 18.2 Å². The third kappa shape index (κ3) is 6.27. The van der Waals surface area contributed by atoms with Gasteiger partial charge in [-0.15, -0.1) is 0 Å². The summed E-state index contributed by atoms with van der Waals surface area (Å²) in [5, 5.41) is 0.397. The largest absolute Gasteiger partial charge is 0.416 e. The zero-order valence-electron chi connectivity index (χ0n) is 18.0. The van der Waals surface area contributed by atoms with E-state index in [1.54, 1.807) is 24.6 Å². The summed E-state index contributed by atoms with van der Waals surface area (Å²) in [5.41, 5.74) is 0.284. The van der Waals surface area contributed by atoms with E-state index in [4.69, 9.17) is 16.3 Å². The lowest BCUT2D eigenvalue weighted by molar-refractivity contribution is -0.137. The van der Waals surface area contributed by atoms with E-state index in [1.165, 1.54) is 12.1 Å². The van der Waals surface area contributed by atoms with Gasteiger partial charge in [0.05, 0.1) is 17.2 Å². The molecule has 0 amide bonds. The third-order valence-electron chi connectivity index (χ3n) is 4.87. The number of alkyl halides is 3. The Bertz CT molecular complexity index is 1050. The Balaban J connectivity index is 2.39. The summed E-state index contributed by atoms with van der Waals surface area (Å²) in [6, 6.07) is 4.70. The summed E-state index contributed by atoms with van der Waals surface area (Å²) in [5.74, 6) is 0.400. The molecule has 0 aliphatic heterocycles. The second-order valence-electron chi connectivity index (χ2n) is 7.07. The van der Waals surface area contributed by atoms with Crippen molar-refractivity contribution in [3.8, 4) is 11.1 Å². The molecule has 0 aliphatic carbocycles. The predicted molar refractivity (Wildman–Crippen MR) is 116 cm³/mol. The van der Waals surface area contributed by atoms with Gasteiger partial charge in [0, 0.05) is 18.4 Å². The monoisotopic (exact) mass is 455 g/mol. The minimum atomic E-state index is -4.50. The van der Waals surface area contributed by atoms with Gasteiger partial charge < -0.3 is 9.30 Å². The van der Waals surface area contributed by atoms with Crippen molar-refractivity contribution in [2.45, 2.75) is 60.1 Å². The zero-order valence-corrected chi connectivity index (χ0v) is 18.8. The van der Waals surface area contributed by atoms with Crippen LogP contribution in [0.15, 0.2) is 45.8 Å². The van der Waals surface area contributed by atoms with Crippen molar-refractivity contribution in [1.29, 1.82) is 0 Å². The van der Waals surface area contributed by atoms with E-state index in [9.17, 15) is 18.0 Å². The molecule has 2 aromatic rings. The quantitative estimate of drug-likeness (QED) is 0.501. The van der Waals surface area contributed by atoms with Crippen LogP contribution in [0.5, 0.6) is 0 Å². The number of aliphatic imine (C=N–C) groups is 1. The highest BCUT2D eigenvalue weighted by atomic mass is 35.5. The van der Waals surface area contributed by atoms with Crippen LogP contribution >= 0.6 is 11.6 Å².